The van der Waals surface area contributed by atoms with E-state index in [-0.39, 0.29) is 4.90 Å². The maximum Gasteiger partial charge on any atom is 0.243 e. The third-order valence-corrected chi connectivity index (χ3v) is 7.28. The number of thiazole rings is 1. The van der Waals surface area contributed by atoms with Crippen LogP contribution in [-0.4, -0.2) is 48.9 Å². The average Bonchev–Trinajstić information content (AvgIpc) is 2.90. The monoisotopic (exact) mass is 392 g/mol. The predicted octanol–water partition coefficient (Wildman–Crippen LogP) is 2.73. The molecule has 3 heterocycles. The number of anilines is 1. The second-order valence-corrected chi connectivity index (χ2v) is 8.92. The Morgan fingerprint density at radius 2 is 1.85 bits per heavy atom. The van der Waals surface area contributed by atoms with Gasteiger partial charge in [-0.05, 0) is 42.8 Å². The summed E-state index contributed by atoms with van der Waals surface area (Å²) in [6, 6.07) is 8.74. The fourth-order valence-corrected chi connectivity index (χ4v) is 5.40. The first-order valence-corrected chi connectivity index (χ1v) is 10.5. The van der Waals surface area contributed by atoms with Crippen molar-refractivity contribution < 1.29 is 12.8 Å². The van der Waals surface area contributed by atoms with Gasteiger partial charge in [0.15, 0.2) is 5.13 Å². The second-order valence-electron chi connectivity index (χ2n) is 6.02. The van der Waals surface area contributed by atoms with Gasteiger partial charge in [-0.15, -0.1) is 0 Å². The third-order valence-electron chi connectivity index (χ3n) is 4.33. The highest BCUT2D eigenvalue weighted by atomic mass is 32.2. The molecule has 0 atom stereocenters. The molecule has 1 aliphatic rings. The van der Waals surface area contributed by atoms with Gasteiger partial charge in [-0.25, -0.2) is 22.8 Å². The summed E-state index contributed by atoms with van der Waals surface area (Å²) in [5.41, 5.74) is 0.854. The SMILES string of the molecule is O=S(=O)(c1ccc(F)cc1)N1CCCN(c2nc3cccnc3s2)CC1. The van der Waals surface area contributed by atoms with Crippen molar-refractivity contribution in [3.8, 4) is 0 Å². The summed E-state index contributed by atoms with van der Waals surface area (Å²) in [4.78, 5) is 12.0. The maximum atomic E-state index is 13.1. The Kier molecular flexibility index (Phi) is 4.60. The van der Waals surface area contributed by atoms with Crippen LogP contribution >= 0.6 is 11.3 Å². The lowest BCUT2D eigenvalue weighted by Gasteiger charge is -2.21. The largest absolute Gasteiger partial charge is 0.347 e. The molecule has 4 rings (SSSR count). The van der Waals surface area contributed by atoms with E-state index in [0.717, 1.165) is 22.0 Å². The highest BCUT2D eigenvalue weighted by molar-refractivity contribution is 7.89. The summed E-state index contributed by atoms with van der Waals surface area (Å²) in [6.45, 7) is 2.08. The molecule has 1 aromatic carbocycles. The van der Waals surface area contributed by atoms with Gasteiger partial charge in [-0.1, -0.05) is 11.3 Å². The van der Waals surface area contributed by atoms with Crippen molar-refractivity contribution in [1.29, 1.82) is 0 Å². The number of halogens is 1. The van der Waals surface area contributed by atoms with Crippen LogP contribution in [0.3, 0.4) is 0 Å². The Bertz CT molecular complexity index is 988. The van der Waals surface area contributed by atoms with Gasteiger partial charge < -0.3 is 4.90 Å². The first-order chi connectivity index (χ1) is 12.5. The molecule has 1 aliphatic heterocycles. The molecule has 26 heavy (non-hydrogen) atoms. The molecule has 9 heteroatoms. The van der Waals surface area contributed by atoms with Crippen LogP contribution in [0, 0.1) is 5.82 Å². The first-order valence-electron chi connectivity index (χ1n) is 8.26. The summed E-state index contributed by atoms with van der Waals surface area (Å²) in [7, 11) is -3.62. The van der Waals surface area contributed by atoms with Crippen LogP contribution in [0.5, 0.6) is 0 Å². The van der Waals surface area contributed by atoms with E-state index in [2.05, 4.69) is 14.9 Å². The third kappa shape index (κ3) is 3.29. The molecule has 0 amide bonds. The van der Waals surface area contributed by atoms with E-state index in [9.17, 15) is 12.8 Å². The topological polar surface area (TPSA) is 66.4 Å². The average molecular weight is 392 g/mol. The Morgan fingerprint density at radius 3 is 2.62 bits per heavy atom. The molecule has 0 bridgehead atoms. The molecular formula is C17H17FN4O2S2. The van der Waals surface area contributed by atoms with Crippen LogP contribution in [-0.2, 0) is 10.0 Å². The smallest absolute Gasteiger partial charge is 0.243 e. The number of hydrogen-bond donors (Lipinski definition) is 0. The quantitative estimate of drug-likeness (QED) is 0.686. The minimum atomic E-state index is -3.62. The van der Waals surface area contributed by atoms with Gasteiger partial charge in [0.05, 0.1) is 4.90 Å². The molecule has 1 saturated heterocycles. The van der Waals surface area contributed by atoms with Gasteiger partial charge in [0.25, 0.3) is 0 Å². The summed E-state index contributed by atoms with van der Waals surface area (Å²) in [5, 5.41) is 0.861. The number of benzene rings is 1. The van der Waals surface area contributed by atoms with Crippen molar-refractivity contribution in [3.05, 3.63) is 48.4 Å². The van der Waals surface area contributed by atoms with E-state index < -0.39 is 15.8 Å². The first kappa shape index (κ1) is 17.3. The lowest BCUT2D eigenvalue weighted by Crippen LogP contribution is -2.35. The molecule has 0 spiro atoms. The summed E-state index contributed by atoms with van der Waals surface area (Å²) in [6.07, 6.45) is 2.44. The molecule has 2 aromatic heterocycles. The number of fused-ring (bicyclic) bond motifs is 1. The zero-order valence-corrected chi connectivity index (χ0v) is 15.5. The van der Waals surface area contributed by atoms with Gasteiger partial charge >= 0.3 is 0 Å². The lowest BCUT2D eigenvalue weighted by molar-refractivity contribution is 0.433. The molecule has 3 aromatic rings. The van der Waals surface area contributed by atoms with E-state index >= 15 is 0 Å². The number of sulfonamides is 1. The van der Waals surface area contributed by atoms with Gasteiger partial charge in [0.2, 0.25) is 10.0 Å². The van der Waals surface area contributed by atoms with Crippen LogP contribution in [0.1, 0.15) is 6.42 Å². The number of rotatable bonds is 3. The molecule has 136 valence electrons. The minimum Gasteiger partial charge on any atom is -0.347 e. The van der Waals surface area contributed by atoms with Crippen LogP contribution in [0.15, 0.2) is 47.5 Å². The number of nitrogens with zero attached hydrogens (tertiary/aromatic N) is 4. The van der Waals surface area contributed by atoms with Crippen molar-refractivity contribution in [1.82, 2.24) is 14.3 Å². The Morgan fingerprint density at radius 1 is 1.04 bits per heavy atom. The van der Waals surface area contributed by atoms with Gasteiger partial charge in [0, 0.05) is 32.4 Å². The summed E-state index contributed by atoms with van der Waals surface area (Å²) < 4.78 is 40.1. The van der Waals surface area contributed by atoms with Crippen LogP contribution in [0.2, 0.25) is 0 Å². The van der Waals surface area contributed by atoms with Crippen molar-refractivity contribution in [2.75, 3.05) is 31.1 Å². The van der Waals surface area contributed by atoms with Crippen molar-refractivity contribution in [3.63, 3.8) is 0 Å². The number of hydrogen-bond acceptors (Lipinski definition) is 6. The van der Waals surface area contributed by atoms with E-state index in [4.69, 9.17) is 0 Å². The van der Waals surface area contributed by atoms with E-state index in [1.54, 1.807) is 6.20 Å². The molecule has 0 aliphatic carbocycles. The van der Waals surface area contributed by atoms with Crippen molar-refractivity contribution >= 4 is 36.8 Å². The van der Waals surface area contributed by atoms with Crippen LogP contribution in [0.25, 0.3) is 10.3 Å². The van der Waals surface area contributed by atoms with E-state index in [1.165, 1.54) is 39.9 Å². The lowest BCUT2D eigenvalue weighted by atomic mass is 10.4. The molecule has 6 nitrogen and oxygen atoms in total. The fourth-order valence-electron chi connectivity index (χ4n) is 2.97. The Balaban J connectivity index is 1.53. The summed E-state index contributed by atoms with van der Waals surface area (Å²) >= 11 is 1.51. The predicted molar refractivity (Wildman–Crippen MR) is 99.4 cm³/mol. The maximum absolute atomic E-state index is 13.1. The number of pyridine rings is 1. The zero-order valence-electron chi connectivity index (χ0n) is 13.9. The summed E-state index contributed by atoms with van der Waals surface area (Å²) in [5.74, 6) is -0.449. The highest BCUT2D eigenvalue weighted by Crippen LogP contribution is 2.28. The van der Waals surface area contributed by atoms with E-state index in [0.29, 0.717) is 26.1 Å². The highest BCUT2D eigenvalue weighted by Gasteiger charge is 2.27. The molecule has 0 unspecified atom stereocenters. The fraction of sp³-hybridized carbons (Fsp3) is 0.294. The number of aromatic nitrogens is 2. The van der Waals surface area contributed by atoms with Crippen molar-refractivity contribution in [2.24, 2.45) is 0 Å². The molecule has 1 fully saturated rings. The van der Waals surface area contributed by atoms with Crippen LogP contribution in [0.4, 0.5) is 9.52 Å². The van der Waals surface area contributed by atoms with Crippen molar-refractivity contribution in [2.45, 2.75) is 11.3 Å². The Labute approximate surface area is 155 Å². The van der Waals surface area contributed by atoms with E-state index in [1.807, 2.05) is 12.1 Å². The van der Waals surface area contributed by atoms with Gasteiger partial charge in [-0.3, -0.25) is 0 Å². The zero-order chi connectivity index (χ0) is 18.1. The van der Waals surface area contributed by atoms with Gasteiger partial charge in [-0.2, -0.15) is 4.31 Å². The standard InChI is InChI=1S/C17H17FN4O2S2/c18-13-4-6-14(7-5-13)26(23,24)22-10-2-9-21(11-12-22)17-20-15-3-1-8-19-16(15)25-17/h1,3-8H,2,9-12H2. The van der Waals surface area contributed by atoms with Gasteiger partial charge in [0.1, 0.15) is 16.2 Å². The minimum absolute atomic E-state index is 0.122. The molecule has 0 saturated carbocycles. The normalized spacial score (nSPS) is 16.7. The van der Waals surface area contributed by atoms with Crippen LogP contribution < -0.4 is 4.90 Å². The second kappa shape index (κ2) is 6.90. The molecule has 0 N–H and O–H groups in total. The molecule has 0 radical (unpaired) electrons. The Hall–Kier alpha value is -2.10. The molecular weight excluding hydrogens is 375 g/mol.